The van der Waals surface area contributed by atoms with Crippen LogP contribution in [0, 0.1) is 5.92 Å². The summed E-state index contributed by atoms with van der Waals surface area (Å²) >= 11 is 0. The number of esters is 2. The molecule has 0 aromatic heterocycles. The van der Waals surface area contributed by atoms with Crippen LogP contribution in [0.25, 0.3) is 0 Å². The van der Waals surface area contributed by atoms with Crippen LogP contribution in [-0.4, -0.2) is 42.1 Å². The molecule has 0 bridgehead atoms. The predicted octanol–water partition coefficient (Wildman–Crippen LogP) is 2.09. The Morgan fingerprint density at radius 3 is 2.52 bits per heavy atom. The molecule has 0 saturated heterocycles. The Labute approximate surface area is 147 Å². The molecule has 0 heterocycles. The van der Waals surface area contributed by atoms with Gasteiger partial charge in [0.25, 0.3) is 0 Å². The summed E-state index contributed by atoms with van der Waals surface area (Å²) in [6.07, 6.45) is 1.01. The van der Waals surface area contributed by atoms with E-state index in [4.69, 9.17) is 9.47 Å². The van der Waals surface area contributed by atoms with Crippen LogP contribution in [0.15, 0.2) is 36.9 Å². The molecule has 0 fully saturated rings. The van der Waals surface area contributed by atoms with Crippen LogP contribution in [0.3, 0.4) is 0 Å². The third-order valence-corrected chi connectivity index (χ3v) is 3.35. The topological polar surface area (TPSA) is 89.9 Å². The molecule has 0 spiro atoms. The molecule has 25 heavy (non-hydrogen) atoms. The lowest BCUT2D eigenvalue weighted by molar-refractivity contribution is -0.151. The van der Waals surface area contributed by atoms with Gasteiger partial charge >= 0.3 is 11.9 Å². The Kier molecular flexibility index (Phi) is 8.56. The number of hydrogen-bond donors (Lipinski definition) is 1. The van der Waals surface area contributed by atoms with Gasteiger partial charge in [0.05, 0.1) is 11.5 Å². The van der Waals surface area contributed by atoms with Crippen LogP contribution in [0.1, 0.15) is 36.2 Å². The molecule has 0 aliphatic rings. The monoisotopic (exact) mass is 348 g/mol. The summed E-state index contributed by atoms with van der Waals surface area (Å²) in [5.41, 5.74) is 1.16. The average Bonchev–Trinajstić information content (AvgIpc) is 2.61. The highest BCUT2D eigenvalue weighted by molar-refractivity contribution is 5.90. The van der Waals surface area contributed by atoms with Gasteiger partial charge in [0.2, 0.25) is 0 Å². The van der Waals surface area contributed by atoms with Gasteiger partial charge in [-0.25, -0.2) is 4.79 Å². The van der Waals surface area contributed by atoms with Crippen LogP contribution in [0.4, 0.5) is 0 Å². The van der Waals surface area contributed by atoms with E-state index in [0.29, 0.717) is 18.4 Å². The summed E-state index contributed by atoms with van der Waals surface area (Å²) in [6.45, 7) is 6.28. The molecule has 136 valence electrons. The summed E-state index contributed by atoms with van der Waals surface area (Å²) < 4.78 is 9.89. The van der Waals surface area contributed by atoms with E-state index >= 15 is 0 Å². The van der Waals surface area contributed by atoms with Gasteiger partial charge in [-0.05, 0) is 30.2 Å². The van der Waals surface area contributed by atoms with Crippen molar-refractivity contribution in [2.24, 2.45) is 5.92 Å². The van der Waals surface area contributed by atoms with Crippen molar-refractivity contribution in [3.05, 3.63) is 48.0 Å². The summed E-state index contributed by atoms with van der Waals surface area (Å²) in [4.78, 5) is 34.6. The van der Waals surface area contributed by atoms with Gasteiger partial charge in [0.15, 0.2) is 5.78 Å². The molecular weight excluding hydrogens is 324 g/mol. The number of aliphatic hydroxyl groups excluding tert-OH is 1. The van der Waals surface area contributed by atoms with Crippen molar-refractivity contribution in [3.8, 4) is 0 Å². The van der Waals surface area contributed by atoms with E-state index in [2.05, 4.69) is 6.58 Å². The molecule has 0 saturated carbocycles. The van der Waals surface area contributed by atoms with Crippen LogP contribution < -0.4 is 0 Å². The van der Waals surface area contributed by atoms with Crippen LogP contribution in [-0.2, 0) is 25.5 Å². The SMILES string of the molecule is C=CC(=O)CCc1cccc(C(=O)OCC(O)COC(=O)C(C)C)c1. The van der Waals surface area contributed by atoms with E-state index in [1.165, 1.54) is 6.08 Å². The van der Waals surface area contributed by atoms with Gasteiger partial charge in [-0.2, -0.15) is 0 Å². The highest BCUT2D eigenvalue weighted by Crippen LogP contribution is 2.10. The molecule has 0 radical (unpaired) electrons. The van der Waals surface area contributed by atoms with Gasteiger partial charge in [0, 0.05) is 6.42 Å². The van der Waals surface area contributed by atoms with Crippen molar-refractivity contribution in [3.63, 3.8) is 0 Å². The number of benzene rings is 1. The summed E-state index contributed by atoms with van der Waals surface area (Å²) in [7, 11) is 0. The first-order valence-electron chi connectivity index (χ1n) is 8.09. The zero-order chi connectivity index (χ0) is 18.8. The lowest BCUT2D eigenvalue weighted by Crippen LogP contribution is -2.26. The molecule has 1 unspecified atom stereocenters. The molecular formula is C19H24O6. The van der Waals surface area contributed by atoms with Crippen LogP contribution >= 0.6 is 0 Å². The van der Waals surface area contributed by atoms with Crippen LogP contribution in [0.2, 0.25) is 0 Å². The minimum atomic E-state index is -1.08. The fraction of sp³-hybridized carbons (Fsp3) is 0.421. The standard InChI is InChI=1S/C19H24O6/c1-4-16(20)9-8-14-6-5-7-15(10-14)19(23)25-12-17(21)11-24-18(22)13(2)3/h4-7,10,13,17,21H,1,8-9,11-12H2,2-3H3. The summed E-state index contributed by atoms with van der Waals surface area (Å²) in [5, 5.41) is 9.70. The number of aryl methyl sites for hydroxylation is 1. The number of carbonyl (C=O) groups is 3. The number of hydrogen-bond acceptors (Lipinski definition) is 6. The molecule has 1 N–H and O–H groups in total. The molecule has 0 aliphatic carbocycles. The van der Waals surface area contributed by atoms with E-state index in [0.717, 1.165) is 5.56 Å². The zero-order valence-electron chi connectivity index (χ0n) is 14.6. The maximum absolute atomic E-state index is 12.0. The molecule has 1 aromatic rings. The van der Waals surface area contributed by atoms with Crippen molar-refractivity contribution < 1.29 is 29.0 Å². The second-order valence-corrected chi connectivity index (χ2v) is 5.91. The van der Waals surface area contributed by atoms with Gasteiger partial charge in [0.1, 0.15) is 19.3 Å². The smallest absolute Gasteiger partial charge is 0.338 e. The number of aliphatic hydroxyl groups is 1. The maximum Gasteiger partial charge on any atom is 0.338 e. The molecule has 6 heteroatoms. The van der Waals surface area contributed by atoms with Gasteiger partial charge < -0.3 is 14.6 Å². The molecule has 1 rings (SSSR count). The van der Waals surface area contributed by atoms with Gasteiger partial charge in [-0.15, -0.1) is 0 Å². The number of carbonyl (C=O) groups excluding carboxylic acids is 3. The highest BCUT2D eigenvalue weighted by atomic mass is 16.6. The average molecular weight is 348 g/mol. The Balaban J connectivity index is 2.47. The van der Waals surface area contributed by atoms with Crippen molar-refractivity contribution in [2.75, 3.05) is 13.2 Å². The second-order valence-electron chi connectivity index (χ2n) is 5.91. The molecule has 1 atom stereocenters. The van der Waals surface area contributed by atoms with E-state index < -0.39 is 18.0 Å². The molecule has 0 amide bonds. The third kappa shape index (κ3) is 7.76. The quantitative estimate of drug-likeness (QED) is 0.514. The largest absolute Gasteiger partial charge is 0.463 e. The van der Waals surface area contributed by atoms with E-state index in [1.807, 2.05) is 6.07 Å². The maximum atomic E-state index is 12.0. The first-order chi connectivity index (χ1) is 11.8. The lowest BCUT2D eigenvalue weighted by atomic mass is 10.0. The Hall–Kier alpha value is -2.47. The lowest BCUT2D eigenvalue weighted by Gasteiger charge is -2.13. The minimum Gasteiger partial charge on any atom is -0.463 e. The highest BCUT2D eigenvalue weighted by Gasteiger charge is 2.15. The first kappa shape index (κ1) is 20.6. The van der Waals surface area contributed by atoms with Crippen molar-refractivity contribution in [1.82, 2.24) is 0 Å². The summed E-state index contributed by atoms with van der Waals surface area (Å²) in [6, 6.07) is 6.74. The summed E-state index contributed by atoms with van der Waals surface area (Å²) in [5.74, 6) is -1.37. The number of ketones is 1. The number of allylic oxidation sites excluding steroid dienone is 1. The van der Waals surface area contributed by atoms with E-state index in [1.54, 1.807) is 32.0 Å². The Morgan fingerprint density at radius 1 is 1.20 bits per heavy atom. The van der Waals surface area contributed by atoms with E-state index in [9.17, 15) is 19.5 Å². The van der Waals surface area contributed by atoms with Gasteiger partial charge in [-0.3, -0.25) is 9.59 Å². The van der Waals surface area contributed by atoms with Crippen molar-refractivity contribution in [2.45, 2.75) is 32.8 Å². The fourth-order valence-electron chi connectivity index (χ4n) is 1.87. The van der Waals surface area contributed by atoms with Gasteiger partial charge in [-0.1, -0.05) is 32.6 Å². The molecule has 6 nitrogen and oxygen atoms in total. The third-order valence-electron chi connectivity index (χ3n) is 3.35. The number of rotatable bonds is 10. The Morgan fingerprint density at radius 2 is 1.88 bits per heavy atom. The van der Waals surface area contributed by atoms with Crippen LogP contribution in [0.5, 0.6) is 0 Å². The second kappa shape index (κ2) is 10.4. The number of ether oxygens (including phenoxy) is 2. The normalized spacial score (nSPS) is 11.7. The fourth-order valence-corrected chi connectivity index (χ4v) is 1.87. The van der Waals surface area contributed by atoms with Crippen molar-refractivity contribution in [1.29, 1.82) is 0 Å². The molecule has 1 aromatic carbocycles. The molecule has 0 aliphatic heterocycles. The van der Waals surface area contributed by atoms with E-state index in [-0.39, 0.29) is 24.9 Å². The zero-order valence-corrected chi connectivity index (χ0v) is 14.6. The van der Waals surface area contributed by atoms with Crippen molar-refractivity contribution >= 4 is 17.7 Å². The minimum absolute atomic E-state index is 0.0629. The first-order valence-corrected chi connectivity index (χ1v) is 8.09. The predicted molar refractivity (Wildman–Crippen MR) is 92.1 cm³/mol. The Bertz CT molecular complexity index is 620.